The first-order valence-electron chi connectivity index (χ1n) is 6.27. The van der Waals surface area contributed by atoms with Gasteiger partial charge in [0, 0.05) is 25.6 Å². The molecule has 0 unspecified atom stereocenters. The van der Waals surface area contributed by atoms with Crippen molar-refractivity contribution in [2.45, 2.75) is 6.54 Å². The zero-order valence-electron chi connectivity index (χ0n) is 11.2. The van der Waals surface area contributed by atoms with E-state index in [9.17, 15) is 4.79 Å². The molecule has 2 aromatic rings. The third-order valence-electron chi connectivity index (χ3n) is 2.88. The fourth-order valence-corrected chi connectivity index (χ4v) is 3.18. The molecule has 0 saturated carbocycles. The van der Waals surface area contributed by atoms with Crippen LogP contribution in [0.2, 0.25) is 0 Å². The molecule has 2 rings (SSSR count). The molecule has 1 heterocycles. The van der Waals surface area contributed by atoms with Gasteiger partial charge in [0.1, 0.15) is 0 Å². The van der Waals surface area contributed by atoms with Crippen molar-refractivity contribution in [1.29, 1.82) is 0 Å². The summed E-state index contributed by atoms with van der Waals surface area (Å²) in [6.07, 6.45) is 0. The Bertz CT molecular complexity index is 556. The van der Waals surface area contributed by atoms with Gasteiger partial charge in [-0.1, -0.05) is 30.3 Å². The van der Waals surface area contributed by atoms with Crippen molar-refractivity contribution in [1.82, 2.24) is 4.90 Å². The second-order valence-corrected chi connectivity index (χ2v) is 7.15. The molecule has 0 saturated heterocycles. The zero-order valence-corrected chi connectivity index (χ0v) is 14.2. The Hall–Kier alpha value is -0.920. The largest absolute Gasteiger partial charge is 0.383 e. The van der Waals surface area contributed by atoms with Crippen LogP contribution in [0.1, 0.15) is 15.9 Å². The molecule has 0 aliphatic rings. The molecule has 0 aliphatic carbocycles. The summed E-state index contributed by atoms with van der Waals surface area (Å²) in [6.45, 7) is 1.74. The van der Waals surface area contributed by atoms with E-state index in [1.54, 1.807) is 18.4 Å². The molecule has 1 aromatic heterocycles. The minimum atomic E-state index is 0.0602. The summed E-state index contributed by atoms with van der Waals surface area (Å²) in [7, 11) is 1.65. The quantitative estimate of drug-likeness (QED) is 0.692. The van der Waals surface area contributed by atoms with Crippen LogP contribution in [-0.2, 0) is 11.3 Å². The average molecular weight is 401 g/mol. The standard InChI is InChI=1S/C15H16INO2S/c1-19-8-7-17(10-12-5-3-2-4-6-12)15(18)13-9-14(16)20-11-13/h2-6,9,11H,7-8,10H2,1H3. The maximum atomic E-state index is 12.5. The number of hydrogen-bond donors (Lipinski definition) is 0. The Morgan fingerprint density at radius 3 is 2.70 bits per heavy atom. The van der Waals surface area contributed by atoms with Gasteiger partial charge in [-0.2, -0.15) is 0 Å². The van der Waals surface area contributed by atoms with Gasteiger partial charge >= 0.3 is 0 Å². The summed E-state index contributed by atoms with van der Waals surface area (Å²) >= 11 is 3.82. The lowest BCUT2D eigenvalue weighted by molar-refractivity contribution is 0.0681. The van der Waals surface area contributed by atoms with Crippen molar-refractivity contribution in [3.05, 3.63) is 55.8 Å². The highest BCUT2D eigenvalue weighted by molar-refractivity contribution is 14.1. The molecule has 0 aliphatic heterocycles. The summed E-state index contributed by atoms with van der Waals surface area (Å²) in [5, 5.41) is 1.91. The second kappa shape index (κ2) is 7.75. The van der Waals surface area contributed by atoms with E-state index in [1.807, 2.05) is 46.7 Å². The molecule has 0 radical (unpaired) electrons. The Morgan fingerprint density at radius 2 is 2.10 bits per heavy atom. The molecule has 0 fully saturated rings. The van der Waals surface area contributed by atoms with Crippen LogP contribution in [0.25, 0.3) is 0 Å². The Labute approximate surface area is 136 Å². The van der Waals surface area contributed by atoms with Gasteiger partial charge in [-0.15, -0.1) is 11.3 Å². The minimum absolute atomic E-state index is 0.0602. The SMILES string of the molecule is COCCN(Cc1ccccc1)C(=O)c1csc(I)c1. The van der Waals surface area contributed by atoms with Gasteiger partial charge in [-0.05, 0) is 34.2 Å². The van der Waals surface area contributed by atoms with Gasteiger partial charge in [0.25, 0.3) is 5.91 Å². The Kier molecular flexibility index (Phi) is 6.00. The number of carbonyl (C=O) groups is 1. The highest BCUT2D eigenvalue weighted by Gasteiger charge is 2.17. The predicted octanol–water partition coefficient (Wildman–Crippen LogP) is 3.64. The molecule has 106 valence electrons. The smallest absolute Gasteiger partial charge is 0.255 e. The van der Waals surface area contributed by atoms with E-state index < -0.39 is 0 Å². The van der Waals surface area contributed by atoms with Crippen molar-refractivity contribution in [2.75, 3.05) is 20.3 Å². The highest BCUT2D eigenvalue weighted by Crippen LogP contribution is 2.19. The fourth-order valence-electron chi connectivity index (χ4n) is 1.86. The van der Waals surface area contributed by atoms with Crippen LogP contribution < -0.4 is 0 Å². The lowest BCUT2D eigenvalue weighted by atomic mass is 10.2. The number of carbonyl (C=O) groups excluding carboxylic acids is 1. The topological polar surface area (TPSA) is 29.5 Å². The highest BCUT2D eigenvalue weighted by atomic mass is 127. The van der Waals surface area contributed by atoms with Crippen LogP contribution in [0.5, 0.6) is 0 Å². The van der Waals surface area contributed by atoms with E-state index >= 15 is 0 Å². The number of rotatable bonds is 6. The van der Waals surface area contributed by atoms with Crippen molar-refractivity contribution in [3.63, 3.8) is 0 Å². The van der Waals surface area contributed by atoms with E-state index in [1.165, 1.54) is 0 Å². The van der Waals surface area contributed by atoms with Crippen LogP contribution in [0.3, 0.4) is 0 Å². The van der Waals surface area contributed by atoms with Gasteiger partial charge in [-0.3, -0.25) is 4.79 Å². The molecular weight excluding hydrogens is 385 g/mol. The summed E-state index contributed by atoms with van der Waals surface area (Å²) in [6, 6.07) is 11.9. The molecule has 0 atom stereocenters. The second-order valence-electron chi connectivity index (χ2n) is 4.34. The maximum Gasteiger partial charge on any atom is 0.255 e. The summed E-state index contributed by atoms with van der Waals surface area (Å²) in [5.41, 5.74) is 1.88. The normalized spacial score (nSPS) is 10.5. The van der Waals surface area contributed by atoms with Crippen LogP contribution in [0.15, 0.2) is 41.8 Å². The molecule has 3 nitrogen and oxygen atoms in total. The number of ether oxygens (including phenoxy) is 1. The van der Waals surface area contributed by atoms with Gasteiger partial charge in [0.05, 0.1) is 15.1 Å². The first kappa shape index (κ1) is 15.5. The van der Waals surface area contributed by atoms with E-state index in [0.29, 0.717) is 19.7 Å². The third-order valence-corrected chi connectivity index (χ3v) is 4.67. The predicted molar refractivity (Wildman–Crippen MR) is 90.1 cm³/mol. The van der Waals surface area contributed by atoms with Gasteiger partial charge in [0.15, 0.2) is 0 Å². The first-order valence-corrected chi connectivity index (χ1v) is 8.22. The van der Waals surface area contributed by atoms with E-state index in [4.69, 9.17) is 4.74 Å². The van der Waals surface area contributed by atoms with E-state index in [0.717, 1.165) is 14.0 Å². The number of methoxy groups -OCH3 is 1. The van der Waals surface area contributed by atoms with Crippen molar-refractivity contribution in [2.24, 2.45) is 0 Å². The number of amides is 1. The number of hydrogen-bond acceptors (Lipinski definition) is 3. The van der Waals surface area contributed by atoms with Crippen LogP contribution in [0, 0.1) is 2.88 Å². The Balaban J connectivity index is 2.12. The van der Waals surface area contributed by atoms with Gasteiger partial charge in [0.2, 0.25) is 0 Å². The van der Waals surface area contributed by atoms with E-state index in [2.05, 4.69) is 22.6 Å². The number of thiophene rings is 1. The molecule has 20 heavy (non-hydrogen) atoms. The molecule has 0 bridgehead atoms. The summed E-state index contributed by atoms with van der Waals surface area (Å²) in [4.78, 5) is 14.4. The fraction of sp³-hybridized carbons (Fsp3) is 0.267. The molecular formula is C15H16INO2S. The van der Waals surface area contributed by atoms with E-state index in [-0.39, 0.29) is 5.91 Å². The van der Waals surface area contributed by atoms with Crippen LogP contribution >= 0.6 is 33.9 Å². The lowest BCUT2D eigenvalue weighted by Crippen LogP contribution is -2.33. The van der Waals surface area contributed by atoms with Crippen LogP contribution in [0.4, 0.5) is 0 Å². The van der Waals surface area contributed by atoms with Crippen molar-refractivity contribution < 1.29 is 9.53 Å². The first-order chi connectivity index (χ1) is 9.70. The summed E-state index contributed by atoms with van der Waals surface area (Å²) < 4.78 is 6.23. The van der Waals surface area contributed by atoms with Crippen molar-refractivity contribution in [3.8, 4) is 0 Å². The average Bonchev–Trinajstić information content (AvgIpc) is 2.90. The minimum Gasteiger partial charge on any atom is -0.383 e. The molecule has 0 spiro atoms. The lowest BCUT2D eigenvalue weighted by Gasteiger charge is -2.22. The van der Waals surface area contributed by atoms with Crippen molar-refractivity contribution >= 4 is 39.8 Å². The van der Waals surface area contributed by atoms with Gasteiger partial charge in [-0.25, -0.2) is 0 Å². The number of nitrogens with zero attached hydrogens (tertiary/aromatic N) is 1. The molecule has 0 N–H and O–H groups in total. The number of benzene rings is 1. The zero-order chi connectivity index (χ0) is 14.4. The molecule has 5 heteroatoms. The Morgan fingerprint density at radius 1 is 1.35 bits per heavy atom. The maximum absolute atomic E-state index is 12.5. The molecule has 1 amide bonds. The van der Waals surface area contributed by atoms with Crippen LogP contribution in [-0.4, -0.2) is 31.1 Å². The monoisotopic (exact) mass is 401 g/mol. The van der Waals surface area contributed by atoms with Gasteiger partial charge < -0.3 is 9.64 Å². The molecule has 1 aromatic carbocycles. The summed E-state index contributed by atoms with van der Waals surface area (Å²) in [5.74, 6) is 0.0602. The third kappa shape index (κ3) is 4.29. The number of halogens is 1.